The standard InChI is InChI=1S/C14H27O2P/c1-6-12-13(17(15)16)11(10(3)4)8-9-14(12,5)7-2/h10-13H,6-9H2,1-5H3/p+1. The van der Waals surface area contributed by atoms with Crippen molar-refractivity contribution in [3.8, 4) is 0 Å². The molecule has 1 fully saturated rings. The molecule has 0 aromatic heterocycles. The van der Waals surface area contributed by atoms with Gasteiger partial charge in [-0.25, -0.2) is 0 Å². The van der Waals surface area contributed by atoms with E-state index in [9.17, 15) is 9.46 Å². The van der Waals surface area contributed by atoms with Crippen molar-refractivity contribution in [3.63, 3.8) is 0 Å². The van der Waals surface area contributed by atoms with E-state index in [0.717, 1.165) is 19.3 Å². The van der Waals surface area contributed by atoms with Gasteiger partial charge in [-0.1, -0.05) is 41.0 Å². The van der Waals surface area contributed by atoms with Crippen molar-refractivity contribution in [1.29, 1.82) is 0 Å². The van der Waals surface area contributed by atoms with Crippen LogP contribution in [0.25, 0.3) is 0 Å². The molecule has 0 spiro atoms. The molecule has 0 saturated heterocycles. The Kier molecular flexibility index (Phi) is 5.16. The second kappa shape index (κ2) is 5.80. The van der Waals surface area contributed by atoms with E-state index < -0.39 is 8.03 Å². The average Bonchev–Trinajstić information content (AvgIpc) is 2.27. The first-order valence-electron chi connectivity index (χ1n) is 7.02. The molecule has 1 N–H and O–H groups in total. The Hall–Kier alpha value is 0.0600. The third kappa shape index (κ3) is 2.90. The summed E-state index contributed by atoms with van der Waals surface area (Å²) in [7, 11) is -2.05. The summed E-state index contributed by atoms with van der Waals surface area (Å²) in [6.45, 7) is 11.1. The van der Waals surface area contributed by atoms with Crippen molar-refractivity contribution in [1.82, 2.24) is 0 Å². The minimum absolute atomic E-state index is 0.00806. The Morgan fingerprint density at radius 3 is 2.35 bits per heavy atom. The smallest absolute Gasteiger partial charge is 0.161 e. The highest BCUT2D eigenvalue weighted by atomic mass is 31.1. The molecular weight excluding hydrogens is 231 g/mol. The fourth-order valence-electron chi connectivity index (χ4n) is 3.78. The first-order chi connectivity index (χ1) is 7.87. The molecule has 0 aromatic rings. The molecule has 5 atom stereocenters. The highest BCUT2D eigenvalue weighted by Gasteiger charge is 2.54. The van der Waals surface area contributed by atoms with Crippen molar-refractivity contribution in [2.75, 3.05) is 0 Å². The lowest BCUT2D eigenvalue weighted by molar-refractivity contribution is 0.0581. The molecule has 100 valence electrons. The van der Waals surface area contributed by atoms with Crippen LogP contribution in [0.1, 0.15) is 60.3 Å². The van der Waals surface area contributed by atoms with Crippen LogP contribution in [0.4, 0.5) is 0 Å². The van der Waals surface area contributed by atoms with Gasteiger partial charge in [0, 0.05) is 11.8 Å². The molecule has 0 radical (unpaired) electrons. The Morgan fingerprint density at radius 2 is 2.00 bits per heavy atom. The van der Waals surface area contributed by atoms with E-state index in [1.807, 2.05) is 0 Å². The molecule has 5 unspecified atom stereocenters. The molecule has 1 aliphatic carbocycles. The fraction of sp³-hybridized carbons (Fsp3) is 1.00. The number of hydrogen-bond donors (Lipinski definition) is 1. The maximum Gasteiger partial charge on any atom is 0.509 e. The van der Waals surface area contributed by atoms with Gasteiger partial charge in [-0.15, -0.1) is 0 Å². The van der Waals surface area contributed by atoms with Gasteiger partial charge in [-0.2, -0.15) is 4.89 Å². The van der Waals surface area contributed by atoms with Crippen LogP contribution in [0, 0.1) is 23.2 Å². The largest absolute Gasteiger partial charge is 0.509 e. The van der Waals surface area contributed by atoms with Crippen LogP contribution in [0.5, 0.6) is 0 Å². The van der Waals surface area contributed by atoms with Crippen molar-refractivity contribution in [2.24, 2.45) is 23.2 Å². The summed E-state index contributed by atoms with van der Waals surface area (Å²) in [6.07, 6.45) is 4.48. The van der Waals surface area contributed by atoms with E-state index in [1.165, 1.54) is 6.42 Å². The highest BCUT2D eigenvalue weighted by molar-refractivity contribution is 7.39. The van der Waals surface area contributed by atoms with Gasteiger partial charge in [-0.3, -0.25) is 0 Å². The van der Waals surface area contributed by atoms with E-state index in [0.29, 0.717) is 17.8 Å². The summed E-state index contributed by atoms with van der Waals surface area (Å²) in [4.78, 5) is 9.73. The lowest BCUT2D eigenvalue weighted by atomic mass is 9.60. The second-order valence-electron chi connectivity index (χ2n) is 6.26. The first kappa shape index (κ1) is 15.1. The van der Waals surface area contributed by atoms with Crippen molar-refractivity contribution < 1.29 is 9.46 Å². The van der Waals surface area contributed by atoms with Crippen LogP contribution < -0.4 is 0 Å². The molecule has 1 rings (SSSR count). The molecule has 1 saturated carbocycles. The predicted octanol–water partition coefficient (Wildman–Crippen LogP) is 4.60. The Bertz CT molecular complexity index is 277. The van der Waals surface area contributed by atoms with Crippen LogP contribution in [-0.2, 0) is 4.57 Å². The van der Waals surface area contributed by atoms with Gasteiger partial charge in [0.15, 0.2) is 5.66 Å². The molecule has 2 nitrogen and oxygen atoms in total. The quantitative estimate of drug-likeness (QED) is 0.749. The van der Waals surface area contributed by atoms with E-state index in [2.05, 4.69) is 34.6 Å². The zero-order valence-corrected chi connectivity index (χ0v) is 12.8. The molecule has 0 amide bonds. The number of rotatable bonds is 4. The fourth-order valence-corrected chi connectivity index (χ4v) is 5.48. The van der Waals surface area contributed by atoms with Gasteiger partial charge in [0.1, 0.15) is 0 Å². The molecule has 3 heteroatoms. The van der Waals surface area contributed by atoms with Gasteiger partial charge in [0.05, 0.1) is 0 Å². The van der Waals surface area contributed by atoms with Crippen LogP contribution in [0.2, 0.25) is 0 Å². The predicted molar refractivity (Wildman–Crippen MR) is 73.4 cm³/mol. The van der Waals surface area contributed by atoms with Gasteiger partial charge in [0.25, 0.3) is 0 Å². The normalized spacial score (nSPS) is 39.5. The topological polar surface area (TPSA) is 37.3 Å². The zero-order chi connectivity index (χ0) is 13.2. The monoisotopic (exact) mass is 259 g/mol. The van der Waals surface area contributed by atoms with E-state index in [4.69, 9.17) is 0 Å². The summed E-state index contributed by atoms with van der Waals surface area (Å²) in [5, 5.41) is 0. The van der Waals surface area contributed by atoms with E-state index in [1.54, 1.807) is 0 Å². The Labute approximate surface area is 107 Å². The molecule has 0 heterocycles. The minimum atomic E-state index is -2.05. The SMILES string of the molecule is CCC1C([P+](=O)O)C(C(C)C)CCC1(C)CC. The summed E-state index contributed by atoms with van der Waals surface area (Å²) in [5.74, 6) is 1.34. The average molecular weight is 259 g/mol. The van der Waals surface area contributed by atoms with Crippen LogP contribution in [-0.4, -0.2) is 10.6 Å². The first-order valence-corrected chi connectivity index (χ1v) is 8.30. The molecule has 17 heavy (non-hydrogen) atoms. The molecule has 0 aromatic carbocycles. The second-order valence-corrected chi connectivity index (χ2v) is 7.46. The third-order valence-electron chi connectivity index (χ3n) is 5.15. The maximum absolute atomic E-state index is 11.8. The van der Waals surface area contributed by atoms with Gasteiger partial charge < -0.3 is 0 Å². The lowest BCUT2D eigenvalue weighted by Crippen LogP contribution is -2.44. The molecular formula is C14H28O2P+. The van der Waals surface area contributed by atoms with Crippen molar-refractivity contribution in [3.05, 3.63) is 0 Å². The van der Waals surface area contributed by atoms with Crippen LogP contribution in [0.3, 0.4) is 0 Å². The van der Waals surface area contributed by atoms with E-state index in [-0.39, 0.29) is 11.1 Å². The summed E-state index contributed by atoms with van der Waals surface area (Å²) in [5.41, 5.74) is 0.270. The zero-order valence-electron chi connectivity index (χ0n) is 11.9. The third-order valence-corrected chi connectivity index (χ3v) is 6.41. The summed E-state index contributed by atoms with van der Waals surface area (Å²) < 4.78 is 11.8. The molecule has 0 aliphatic heterocycles. The van der Waals surface area contributed by atoms with Crippen molar-refractivity contribution >= 4 is 8.03 Å². The van der Waals surface area contributed by atoms with Gasteiger partial charge >= 0.3 is 8.03 Å². The minimum Gasteiger partial charge on any atom is -0.161 e. The van der Waals surface area contributed by atoms with Gasteiger partial charge in [0.2, 0.25) is 0 Å². The van der Waals surface area contributed by atoms with Crippen LogP contribution >= 0.6 is 8.03 Å². The van der Waals surface area contributed by atoms with E-state index >= 15 is 0 Å². The number of hydrogen-bond acceptors (Lipinski definition) is 1. The Morgan fingerprint density at radius 1 is 1.41 bits per heavy atom. The summed E-state index contributed by atoms with van der Waals surface area (Å²) in [6, 6.07) is 0. The molecule has 0 bridgehead atoms. The Balaban J connectivity index is 3.04. The van der Waals surface area contributed by atoms with Crippen LogP contribution in [0.15, 0.2) is 0 Å². The summed E-state index contributed by atoms with van der Waals surface area (Å²) >= 11 is 0. The van der Waals surface area contributed by atoms with Gasteiger partial charge in [-0.05, 0) is 35.2 Å². The maximum atomic E-state index is 11.8. The highest BCUT2D eigenvalue weighted by Crippen LogP contribution is 2.55. The molecule has 1 aliphatic rings. The lowest BCUT2D eigenvalue weighted by Gasteiger charge is -2.45. The van der Waals surface area contributed by atoms with Crippen molar-refractivity contribution in [2.45, 2.75) is 66.0 Å².